The Bertz CT molecular complexity index is 527. The molecule has 2 fully saturated rings. The Hall–Kier alpha value is -1.43. The van der Waals surface area contributed by atoms with Gasteiger partial charge in [-0.15, -0.1) is 0 Å². The predicted molar refractivity (Wildman–Crippen MR) is 97.3 cm³/mol. The smallest absolute Gasteiger partial charge is 0.222 e. The van der Waals surface area contributed by atoms with Crippen molar-refractivity contribution in [3.63, 3.8) is 0 Å². The van der Waals surface area contributed by atoms with Gasteiger partial charge in [0.2, 0.25) is 5.91 Å². The van der Waals surface area contributed by atoms with E-state index in [4.69, 9.17) is 9.47 Å². The summed E-state index contributed by atoms with van der Waals surface area (Å²) in [5.41, 5.74) is 1.11. The highest BCUT2D eigenvalue weighted by Gasteiger charge is 2.37. The van der Waals surface area contributed by atoms with Gasteiger partial charge in [0, 0.05) is 32.7 Å². The van der Waals surface area contributed by atoms with Gasteiger partial charge in [-0.05, 0) is 37.8 Å². The summed E-state index contributed by atoms with van der Waals surface area (Å²) >= 11 is 0. The molecule has 2 aliphatic heterocycles. The van der Waals surface area contributed by atoms with Crippen molar-refractivity contribution in [1.29, 1.82) is 0 Å². The molecule has 138 valence electrons. The maximum Gasteiger partial charge on any atom is 0.222 e. The number of amides is 1. The van der Waals surface area contributed by atoms with E-state index in [0.717, 1.165) is 45.5 Å². The van der Waals surface area contributed by atoms with Crippen LogP contribution in [-0.2, 0) is 20.9 Å². The zero-order valence-electron chi connectivity index (χ0n) is 15.0. The van der Waals surface area contributed by atoms with Gasteiger partial charge in [0.25, 0.3) is 0 Å². The van der Waals surface area contributed by atoms with Gasteiger partial charge >= 0.3 is 0 Å². The third-order valence-corrected chi connectivity index (χ3v) is 5.24. The van der Waals surface area contributed by atoms with Crippen molar-refractivity contribution < 1.29 is 14.3 Å². The Balaban J connectivity index is 1.26. The number of ether oxygens (including phenoxy) is 2. The van der Waals surface area contributed by atoms with Gasteiger partial charge in [0.1, 0.15) is 0 Å². The monoisotopic (exact) mass is 346 g/mol. The Morgan fingerprint density at radius 2 is 1.96 bits per heavy atom. The number of rotatable bonds is 7. The normalized spacial score (nSPS) is 21.0. The Kier molecular flexibility index (Phi) is 6.84. The molecule has 0 radical (unpaired) electrons. The highest BCUT2D eigenvalue weighted by Crippen LogP contribution is 2.27. The molecule has 0 bridgehead atoms. The second-order valence-corrected chi connectivity index (χ2v) is 7.15. The maximum absolute atomic E-state index is 11.5. The number of nitrogens with one attached hydrogen (secondary N) is 1. The fourth-order valence-electron chi connectivity index (χ4n) is 3.57. The fraction of sp³-hybridized carbons (Fsp3) is 0.650. The third kappa shape index (κ3) is 5.80. The highest BCUT2D eigenvalue weighted by molar-refractivity contribution is 5.76. The summed E-state index contributed by atoms with van der Waals surface area (Å²) in [6, 6.07) is 10.3. The molecule has 0 atom stereocenters. The fourth-order valence-corrected chi connectivity index (χ4v) is 3.57. The van der Waals surface area contributed by atoms with Crippen molar-refractivity contribution in [3.05, 3.63) is 35.9 Å². The molecule has 1 amide bonds. The minimum absolute atomic E-state index is 0.120. The summed E-state index contributed by atoms with van der Waals surface area (Å²) in [5, 5.41) is 3.00. The lowest BCUT2D eigenvalue weighted by Gasteiger charge is -2.40. The molecular formula is C20H30N2O3. The summed E-state index contributed by atoms with van der Waals surface area (Å²) in [4.78, 5) is 14.0. The Morgan fingerprint density at radius 3 is 2.76 bits per heavy atom. The summed E-state index contributed by atoms with van der Waals surface area (Å²) in [6.45, 7) is 5.99. The van der Waals surface area contributed by atoms with Crippen molar-refractivity contribution in [1.82, 2.24) is 10.2 Å². The van der Waals surface area contributed by atoms with Crippen LogP contribution in [0.25, 0.3) is 0 Å². The average Bonchev–Trinajstić information content (AvgIpc) is 2.82. The van der Waals surface area contributed by atoms with Gasteiger partial charge < -0.3 is 19.7 Å². The molecule has 0 aliphatic carbocycles. The number of hydrogen-bond acceptors (Lipinski definition) is 4. The zero-order chi connectivity index (χ0) is 17.4. The molecule has 0 aromatic heterocycles. The Labute approximate surface area is 150 Å². The summed E-state index contributed by atoms with van der Waals surface area (Å²) < 4.78 is 11.8. The molecule has 25 heavy (non-hydrogen) atoms. The molecule has 5 heteroatoms. The van der Waals surface area contributed by atoms with Crippen molar-refractivity contribution in [2.75, 3.05) is 39.4 Å². The second kappa shape index (κ2) is 9.32. The lowest BCUT2D eigenvalue weighted by molar-refractivity contribution is -0.120. The zero-order valence-corrected chi connectivity index (χ0v) is 15.0. The van der Waals surface area contributed by atoms with Gasteiger partial charge in [-0.1, -0.05) is 30.3 Å². The first-order chi connectivity index (χ1) is 12.3. The van der Waals surface area contributed by atoms with E-state index >= 15 is 0 Å². The molecule has 5 nitrogen and oxygen atoms in total. The minimum atomic E-state index is -0.124. The number of likely N-dealkylation sites (tertiary alicyclic amines) is 1. The molecule has 2 heterocycles. The number of nitrogens with zero attached hydrogens (tertiary/aromatic N) is 1. The second-order valence-electron chi connectivity index (χ2n) is 7.15. The van der Waals surface area contributed by atoms with Crippen molar-refractivity contribution in [2.45, 2.75) is 44.3 Å². The van der Waals surface area contributed by atoms with Crippen LogP contribution in [0, 0.1) is 0 Å². The third-order valence-electron chi connectivity index (χ3n) is 5.24. The SMILES string of the molecule is O=C1CCOC2(CCN(CCCCOCc3ccccc3)CC2)CN1. The largest absolute Gasteiger partial charge is 0.377 e. The topological polar surface area (TPSA) is 50.8 Å². The lowest BCUT2D eigenvalue weighted by atomic mass is 9.91. The van der Waals surface area contributed by atoms with E-state index in [2.05, 4.69) is 22.3 Å². The van der Waals surface area contributed by atoms with Crippen LogP contribution >= 0.6 is 0 Å². The number of benzene rings is 1. The molecule has 3 rings (SSSR count). The molecule has 1 aromatic carbocycles. The maximum atomic E-state index is 11.5. The van der Waals surface area contributed by atoms with Crippen molar-refractivity contribution >= 4 is 5.91 Å². The molecule has 1 aromatic rings. The summed E-state index contributed by atoms with van der Waals surface area (Å²) in [7, 11) is 0. The van der Waals surface area contributed by atoms with Gasteiger partial charge in [-0.2, -0.15) is 0 Å². The van der Waals surface area contributed by atoms with Gasteiger partial charge in [-0.3, -0.25) is 4.79 Å². The molecule has 2 saturated heterocycles. The van der Waals surface area contributed by atoms with Gasteiger partial charge in [-0.25, -0.2) is 0 Å². The molecule has 0 saturated carbocycles. The number of carbonyl (C=O) groups is 1. The van der Waals surface area contributed by atoms with Crippen LogP contribution in [0.3, 0.4) is 0 Å². The standard InChI is InChI=1S/C20H30N2O3/c23-19-8-15-25-20(17-21-19)9-12-22(13-10-20)11-4-5-14-24-16-18-6-2-1-3-7-18/h1-3,6-7H,4-5,8-17H2,(H,21,23). The van der Waals surface area contributed by atoms with E-state index in [1.54, 1.807) is 0 Å². The van der Waals surface area contributed by atoms with Crippen LogP contribution < -0.4 is 5.32 Å². The first kappa shape index (κ1) is 18.4. The van der Waals surface area contributed by atoms with E-state index in [-0.39, 0.29) is 11.5 Å². The lowest BCUT2D eigenvalue weighted by Crippen LogP contribution is -2.51. The van der Waals surface area contributed by atoms with E-state index in [1.807, 2.05) is 18.2 Å². The van der Waals surface area contributed by atoms with Crippen LogP contribution in [0.2, 0.25) is 0 Å². The first-order valence-electron chi connectivity index (χ1n) is 9.50. The molecule has 1 N–H and O–H groups in total. The van der Waals surface area contributed by atoms with Gasteiger partial charge in [0.05, 0.1) is 18.8 Å². The van der Waals surface area contributed by atoms with Crippen LogP contribution in [-0.4, -0.2) is 55.8 Å². The van der Waals surface area contributed by atoms with E-state index in [1.165, 1.54) is 12.0 Å². The van der Waals surface area contributed by atoms with Crippen LogP contribution in [0.4, 0.5) is 0 Å². The van der Waals surface area contributed by atoms with E-state index in [0.29, 0.717) is 26.2 Å². The highest BCUT2D eigenvalue weighted by atomic mass is 16.5. The van der Waals surface area contributed by atoms with Crippen molar-refractivity contribution in [2.24, 2.45) is 0 Å². The molecule has 1 spiro atoms. The van der Waals surface area contributed by atoms with E-state index < -0.39 is 0 Å². The molecule has 0 unspecified atom stereocenters. The average molecular weight is 346 g/mol. The van der Waals surface area contributed by atoms with Crippen LogP contribution in [0.15, 0.2) is 30.3 Å². The number of piperidine rings is 1. The van der Waals surface area contributed by atoms with Crippen molar-refractivity contribution in [3.8, 4) is 0 Å². The first-order valence-corrected chi connectivity index (χ1v) is 9.50. The van der Waals surface area contributed by atoms with Gasteiger partial charge in [0.15, 0.2) is 0 Å². The molecular weight excluding hydrogens is 316 g/mol. The van der Waals surface area contributed by atoms with E-state index in [9.17, 15) is 4.79 Å². The minimum Gasteiger partial charge on any atom is -0.377 e. The van der Waals surface area contributed by atoms with Crippen LogP contribution in [0.5, 0.6) is 0 Å². The van der Waals surface area contributed by atoms with Crippen LogP contribution in [0.1, 0.15) is 37.7 Å². The summed E-state index contributed by atoms with van der Waals surface area (Å²) in [5.74, 6) is 0.120. The summed E-state index contributed by atoms with van der Waals surface area (Å²) in [6.07, 6.45) is 4.78. The molecule has 2 aliphatic rings. The number of hydrogen-bond donors (Lipinski definition) is 1. The number of carbonyl (C=O) groups excluding carboxylic acids is 1. The number of unbranched alkanes of at least 4 members (excludes halogenated alkanes) is 1. The quantitative estimate of drug-likeness (QED) is 0.770. The predicted octanol–water partition coefficient (Wildman–Crippen LogP) is 2.35. The Morgan fingerprint density at radius 1 is 1.16 bits per heavy atom.